The van der Waals surface area contributed by atoms with Crippen molar-refractivity contribution in [3.63, 3.8) is 0 Å². The number of nitro benzene ring substituents is 1. The maximum absolute atomic E-state index is 10.5. The lowest BCUT2D eigenvalue weighted by molar-refractivity contribution is -0.385. The Hall–Kier alpha value is -0.900. The van der Waals surface area contributed by atoms with Gasteiger partial charge < -0.3 is 0 Å². The van der Waals surface area contributed by atoms with Gasteiger partial charge >= 0.3 is 0 Å². The van der Waals surface area contributed by atoms with Crippen molar-refractivity contribution in [3.8, 4) is 0 Å². The minimum atomic E-state index is -0.368. The summed E-state index contributed by atoms with van der Waals surface area (Å²) in [6.45, 7) is 7.60. The number of rotatable bonds is 1. The fourth-order valence-corrected chi connectivity index (χ4v) is 1.55. The highest BCUT2D eigenvalue weighted by Crippen LogP contribution is 2.25. The molecule has 0 spiro atoms. The smallest absolute Gasteiger partial charge is 0.258 e. The number of benzene rings is 1. The van der Waals surface area contributed by atoms with Gasteiger partial charge in [0.25, 0.3) is 5.69 Å². The van der Waals surface area contributed by atoms with Crippen LogP contribution in [-0.2, 0) is 0 Å². The third-order valence-corrected chi connectivity index (χ3v) is 2.26. The Labute approximate surface area is 92.4 Å². The van der Waals surface area contributed by atoms with Gasteiger partial charge in [-0.25, -0.2) is 0 Å². The fourth-order valence-electron chi connectivity index (χ4n) is 0.987. The lowest BCUT2D eigenvalue weighted by Crippen LogP contribution is -1.93. The van der Waals surface area contributed by atoms with E-state index in [1.807, 2.05) is 26.8 Å². The molecule has 14 heavy (non-hydrogen) atoms. The van der Waals surface area contributed by atoms with Gasteiger partial charge in [0.15, 0.2) is 0 Å². The first kappa shape index (κ1) is 13.1. The number of nitro groups is 1. The van der Waals surface area contributed by atoms with E-state index < -0.39 is 0 Å². The molecule has 0 N–H and O–H groups in total. The van der Waals surface area contributed by atoms with Gasteiger partial charge in [-0.1, -0.05) is 29.8 Å². The molecular formula is C10H14BrNO2. The number of nitrogens with zero attached hydrogens (tertiary/aromatic N) is 1. The number of aryl methyl sites for hydroxylation is 1. The summed E-state index contributed by atoms with van der Waals surface area (Å²) < 4.78 is 0.748. The average molecular weight is 260 g/mol. The SMILES string of the molecule is CC.Cc1cc(Br)cc([N+](=O)[O-])c1C. The Morgan fingerprint density at radius 1 is 1.29 bits per heavy atom. The summed E-state index contributed by atoms with van der Waals surface area (Å²) in [7, 11) is 0. The first-order valence-corrected chi connectivity index (χ1v) is 5.23. The molecule has 1 rings (SSSR count). The highest BCUT2D eigenvalue weighted by molar-refractivity contribution is 9.10. The predicted molar refractivity (Wildman–Crippen MR) is 61.6 cm³/mol. The van der Waals surface area contributed by atoms with Gasteiger partial charge in [-0.15, -0.1) is 0 Å². The first-order valence-electron chi connectivity index (χ1n) is 4.43. The molecular weight excluding hydrogens is 246 g/mol. The second-order valence-electron chi connectivity index (χ2n) is 2.62. The third-order valence-electron chi connectivity index (χ3n) is 1.80. The summed E-state index contributed by atoms with van der Waals surface area (Å²) in [5.41, 5.74) is 1.82. The van der Waals surface area contributed by atoms with E-state index in [2.05, 4.69) is 15.9 Å². The van der Waals surface area contributed by atoms with Crippen LogP contribution in [0, 0.1) is 24.0 Å². The summed E-state index contributed by atoms with van der Waals surface area (Å²) in [5, 5.41) is 10.5. The van der Waals surface area contributed by atoms with Gasteiger partial charge in [0.2, 0.25) is 0 Å². The molecule has 0 aliphatic heterocycles. The van der Waals surface area contributed by atoms with E-state index in [0.29, 0.717) is 0 Å². The summed E-state index contributed by atoms with van der Waals surface area (Å²) in [6.07, 6.45) is 0. The molecule has 4 heteroatoms. The van der Waals surface area contributed by atoms with Crippen molar-refractivity contribution in [2.75, 3.05) is 0 Å². The molecule has 3 nitrogen and oxygen atoms in total. The van der Waals surface area contributed by atoms with Crippen molar-refractivity contribution in [2.24, 2.45) is 0 Å². The van der Waals surface area contributed by atoms with Crippen LogP contribution in [0.3, 0.4) is 0 Å². The lowest BCUT2D eigenvalue weighted by Gasteiger charge is -2.01. The molecule has 0 fully saturated rings. The van der Waals surface area contributed by atoms with Crippen molar-refractivity contribution >= 4 is 21.6 Å². The second kappa shape index (κ2) is 5.75. The highest BCUT2D eigenvalue weighted by Gasteiger charge is 2.12. The maximum atomic E-state index is 10.5. The Bertz CT molecular complexity index is 337. The molecule has 0 aliphatic carbocycles. The van der Waals surface area contributed by atoms with Crippen LogP contribution in [0.5, 0.6) is 0 Å². The van der Waals surface area contributed by atoms with Crippen LogP contribution in [0.15, 0.2) is 16.6 Å². The molecule has 0 bridgehead atoms. The van der Waals surface area contributed by atoms with Gasteiger partial charge in [0, 0.05) is 16.1 Å². The van der Waals surface area contributed by atoms with Crippen molar-refractivity contribution < 1.29 is 4.92 Å². The predicted octanol–water partition coefficient (Wildman–Crippen LogP) is 4.00. The van der Waals surface area contributed by atoms with E-state index in [1.54, 1.807) is 6.92 Å². The van der Waals surface area contributed by atoms with Crippen LogP contribution in [0.25, 0.3) is 0 Å². The van der Waals surface area contributed by atoms with Crippen molar-refractivity contribution in [3.05, 3.63) is 37.8 Å². The standard InChI is InChI=1S/C8H8BrNO2.C2H6/c1-5-3-7(9)4-8(6(5)2)10(11)12;1-2/h3-4H,1-2H3;1-2H3. The third kappa shape index (κ3) is 3.10. The average Bonchev–Trinajstić information content (AvgIpc) is 2.14. The van der Waals surface area contributed by atoms with Crippen LogP contribution in [0.4, 0.5) is 5.69 Å². The molecule has 78 valence electrons. The van der Waals surface area contributed by atoms with Crippen LogP contribution >= 0.6 is 15.9 Å². The number of hydrogen-bond donors (Lipinski definition) is 0. The summed E-state index contributed by atoms with van der Waals surface area (Å²) in [4.78, 5) is 10.1. The molecule has 1 aromatic carbocycles. The van der Waals surface area contributed by atoms with E-state index in [4.69, 9.17) is 0 Å². The summed E-state index contributed by atoms with van der Waals surface area (Å²) in [6, 6.07) is 3.38. The minimum absolute atomic E-state index is 0.168. The molecule has 0 radical (unpaired) electrons. The van der Waals surface area contributed by atoms with Gasteiger partial charge in [0.1, 0.15) is 0 Å². The van der Waals surface area contributed by atoms with Crippen LogP contribution in [0.1, 0.15) is 25.0 Å². The molecule has 0 aliphatic rings. The largest absolute Gasteiger partial charge is 0.273 e. The van der Waals surface area contributed by atoms with Gasteiger partial charge in [-0.05, 0) is 25.5 Å². The minimum Gasteiger partial charge on any atom is -0.258 e. The van der Waals surface area contributed by atoms with Crippen LogP contribution < -0.4 is 0 Å². The molecule has 0 saturated heterocycles. The Balaban J connectivity index is 0.000000791. The van der Waals surface area contributed by atoms with Crippen molar-refractivity contribution in [2.45, 2.75) is 27.7 Å². The van der Waals surface area contributed by atoms with E-state index >= 15 is 0 Å². The Morgan fingerprint density at radius 3 is 2.21 bits per heavy atom. The second-order valence-corrected chi connectivity index (χ2v) is 3.54. The number of halogens is 1. The molecule has 0 unspecified atom stereocenters. The van der Waals surface area contributed by atoms with Crippen LogP contribution in [-0.4, -0.2) is 4.92 Å². The van der Waals surface area contributed by atoms with E-state index in [-0.39, 0.29) is 10.6 Å². The quantitative estimate of drug-likeness (QED) is 0.565. The first-order chi connectivity index (χ1) is 6.52. The topological polar surface area (TPSA) is 43.1 Å². The molecule has 0 heterocycles. The molecule has 0 aromatic heterocycles. The highest BCUT2D eigenvalue weighted by atomic mass is 79.9. The molecule has 1 aromatic rings. The molecule has 0 saturated carbocycles. The summed E-state index contributed by atoms with van der Waals surface area (Å²) >= 11 is 3.21. The van der Waals surface area contributed by atoms with E-state index in [1.165, 1.54) is 6.07 Å². The molecule has 0 atom stereocenters. The Kier molecular flexibility index (Phi) is 5.38. The van der Waals surface area contributed by atoms with E-state index in [9.17, 15) is 10.1 Å². The fraction of sp³-hybridized carbons (Fsp3) is 0.400. The zero-order valence-corrected chi connectivity index (χ0v) is 10.4. The Morgan fingerprint density at radius 2 is 1.79 bits per heavy atom. The van der Waals surface area contributed by atoms with Crippen LogP contribution in [0.2, 0.25) is 0 Å². The van der Waals surface area contributed by atoms with Gasteiger partial charge in [-0.2, -0.15) is 0 Å². The number of hydrogen-bond acceptors (Lipinski definition) is 2. The molecule has 0 amide bonds. The monoisotopic (exact) mass is 259 g/mol. The normalized spacial score (nSPS) is 8.93. The zero-order valence-electron chi connectivity index (χ0n) is 8.80. The van der Waals surface area contributed by atoms with Gasteiger partial charge in [-0.3, -0.25) is 10.1 Å². The lowest BCUT2D eigenvalue weighted by atomic mass is 10.1. The van der Waals surface area contributed by atoms with Gasteiger partial charge in [0.05, 0.1) is 4.92 Å². The van der Waals surface area contributed by atoms with E-state index in [0.717, 1.165) is 15.6 Å². The maximum Gasteiger partial charge on any atom is 0.273 e. The van der Waals surface area contributed by atoms with Crippen molar-refractivity contribution in [1.29, 1.82) is 0 Å². The summed E-state index contributed by atoms with van der Waals surface area (Å²) in [5.74, 6) is 0. The zero-order chi connectivity index (χ0) is 11.3. The van der Waals surface area contributed by atoms with Crippen molar-refractivity contribution in [1.82, 2.24) is 0 Å².